The van der Waals surface area contributed by atoms with Gasteiger partial charge in [0.15, 0.2) is 6.04 Å². The number of hydrogen-bond donors (Lipinski definition) is 1. The van der Waals surface area contributed by atoms with E-state index in [4.69, 9.17) is 4.74 Å². The molecule has 27 heavy (non-hydrogen) atoms. The number of nitrogens with zero attached hydrogens (tertiary/aromatic N) is 3. The highest BCUT2D eigenvalue weighted by molar-refractivity contribution is 6.10. The number of nitrogens with one attached hydrogen (secondary N) is 1. The first-order valence-corrected chi connectivity index (χ1v) is 8.77. The third-order valence-electron chi connectivity index (χ3n) is 4.33. The van der Waals surface area contributed by atoms with Gasteiger partial charge in [0.05, 0.1) is 5.69 Å². The van der Waals surface area contributed by atoms with Crippen molar-refractivity contribution in [2.24, 2.45) is 4.99 Å². The van der Waals surface area contributed by atoms with Crippen molar-refractivity contribution in [1.29, 1.82) is 0 Å². The number of aliphatic imine (C=N–C) groups is 1. The van der Waals surface area contributed by atoms with Crippen molar-refractivity contribution >= 4 is 23.4 Å². The molecule has 0 aliphatic carbocycles. The van der Waals surface area contributed by atoms with Gasteiger partial charge in [0.2, 0.25) is 5.91 Å². The fourth-order valence-corrected chi connectivity index (χ4v) is 2.92. The van der Waals surface area contributed by atoms with E-state index >= 15 is 0 Å². The maximum absolute atomic E-state index is 12.6. The Morgan fingerprint density at radius 2 is 2.11 bits per heavy atom. The van der Waals surface area contributed by atoms with Crippen LogP contribution < -0.4 is 5.32 Å². The highest BCUT2D eigenvalue weighted by Gasteiger charge is 2.36. The van der Waals surface area contributed by atoms with Crippen LogP contribution in [0.25, 0.3) is 0 Å². The van der Waals surface area contributed by atoms with Crippen molar-refractivity contribution in [1.82, 2.24) is 15.2 Å². The summed E-state index contributed by atoms with van der Waals surface area (Å²) in [7, 11) is 0. The van der Waals surface area contributed by atoms with Crippen LogP contribution in [0.3, 0.4) is 0 Å². The number of amides is 2. The Bertz CT molecular complexity index is 851. The van der Waals surface area contributed by atoms with Gasteiger partial charge in [0.25, 0.3) is 0 Å². The van der Waals surface area contributed by atoms with E-state index in [0.717, 1.165) is 16.8 Å². The van der Waals surface area contributed by atoms with Crippen molar-refractivity contribution in [3.05, 3.63) is 59.9 Å². The van der Waals surface area contributed by atoms with Gasteiger partial charge in [-0.25, -0.2) is 4.79 Å². The van der Waals surface area contributed by atoms with Gasteiger partial charge >= 0.3 is 6.09 Å². The summed E-state index contributed by atoms with van der Waals surface area (Å²) in [6, 6.07) is 10.4. The molecule has 1 fully saturated rings. The number of pyridine rings is 1. The molecule has 1 aliphatic heterocycles. The molecule has 1 saturated heterocycles. The average molecular weight is 366 g/mol. The molecular weight excluding hydrogens is 344 g/mol. The summed E-state index contributed by atoms with van der Waals surface area (Å²) in [6.45, 7) is 4.55. The lowest BCUT2D eigenvalue weighted by Gasteiger charge is -2.34. The van der Waals surface area contributed by atoms with E-state index in [9.17, 15) is 9.59 Å². The zero-order valence-corrected chi connectivity index (χ0v) is 15.4. The Hall–Kier alpha value is -3.22. The van der Waals surface area contributed by atoms with Crippen LogP contribution in [0.2, 0.25) is 0 Å². The quantitative estimate of drug-likeness (QED) is 0.843. The number of ether oxygens (including phenoxy) is 1. The highest BCUT2D eigenvalue weighted by Crippen LogP contribution is 2.19. The molecular formula is C20H22N4O3. The maximum Gasteiger partial charge on any atom is 0.411 e. The van der Waals surface area contributed by atoms with Gasteiger partial charge in [0, 0.05) is 31.2 Å². The van der Waals surface area contributed by atoms with Crippen LogP contribution in [0.1, 0.15) is 18.1 Å². The van der Waals surface area contributed by atoms with Gasteiger partial charge in [0.1, 0.15) is 6.61 Å². The molecule has 7 nitrogen and oxygen atoms in total. The van der Waals surface area contributed by atoms with Crippen molar-refractivity contribution in [2.75, 3.05) is 13.1 Å². The Kier molecular flexibility index (Phi) is 5.80. The monoisotopic (exact) mass is 366 g/mol. The molecule has 1 aliphatic rings. The van der Waals surface area contributed by atoms with Crippen LogP contribution in [-0.4, -0.2) is 46.7 Å². The Balaban J connectivity index is 1.77. The molecule has 2 amide bonds. The number of hydrogen-bond acceptors (Lipinski definition) is 5. The lowest BCUT2D eigenvalue weighted by Crippen LogP contribution is -2.60. The third-order valence-corrected chi connectivity index (χ3v) is 4.33. The normalized spacial score (nSPS) is 17.4. The van der Waals surface area contributed by atoms with E-state index in [1.165, 1.54) is 4.90 Å². The van der Waals surface area contributed by atoms with Crippen molar-refractivity contribution in [2.45, 2.75) is 26.5 Å². The molecule has 0 spiro atoms. The Labute approximate surface area is 158 Å². The van der Waals surface area contributed by atoms with E-state index < -0.39 is 12.1 Å². The standard InChI is InChI=1S/C20H22N4O3/c1-14-12-21-9-8-17(14)23-15(2)18-19(25)22-10-11-24(18)20(26)27-13-16-6-4-3-5-7-16/h3-9,12,18H,10-11,13H2,1-2H3,(H,22,25). The van der Waals surface area contributed by atoms with Crippen molar-refractivity contribution < 1.29 is 14.3 Å². The zero-order chi connectivity index (χ0) is 19.2. The molecule has 0 bridgehead atoms. The zero-order valence-electron chi connectivity index (χ0n) is 15.4. The van der Waals surface area contributed by atoms with Gasteiger partial charge in [-0.05, 0) is 31.0 Å². The topological polar surface area (TPSA) is 83.9 Å². The molecule has 2 aromatic rings. The maximum atomic E-state index is 12.6. The summed E-state index contributed by atoms with van der Waals surface area (Å²) in [5.74, 6) is -0.258. The van der Waals surface area contributed by atoms with E-state index in [1.807, 2.05) is 37.3 Å². The summed E-state index contributed by atoms with van der Waals surface area (Å²) in [5, 5.41) is 2.79. The molecule has 7 heteroatoms. The number of aryl methyl sites for hydroxylation is 1. The molecule has 140 valence electrons. The van der Waals surface area contributed by atoms with Crippen molar-refractivity contribution in [3.63, 3.8) is 0 Å². The fraction of sp³-hybridized carbons (Fsp3) is 0.300. The summed E-state index contributed by atoms with van der Waals surface area (Å²) >= 11 is 0. The molecule has 1 N–H and O–H groups in total. The Morgan fingerprint density at radius 1 is 1.33 bits per heavy atom. The summed E-state index contributed by atoms with van der Waals surface area (Å²) < 4.78 is 5.41. The first-order valence-electron chi connectivity index (χ1n) is 8.77. The Morgan fingerprint density at radius 3 is 2.85 bits per heavy atom. The smallest absolute Gasteiger partial charge is 0.411 e. The highest BCUT2D eigenvalue weighted by atomic mass is 16.6. The second-order valence-corrected chi connectivity index (χ2v) is 6.34. The summed E-state index contributed by atoms with van der Waals surface area (Å²) in [4.78, 5) is 35.1. The van der Waals surface area contributed by atoms with Gasteiger partial charge in [-0.1, -0.05) is 30.3 Å². The summed E-state index contributed by atoms with van der Waals surface area (Å²) in [6.07, 6.45) is 2.82. The third kappa shape index (κ3) is 4.49. The molecule has 1 aromatic heterocycles. The first kappa shape index (κ1) is 18.6. The van der Waals surface area contributed by atoms with Crippen LogP contribution >= 0.6 is 0 Å². The van der Waals surface area contributed by atoms with Gasteiger partial charge in [-0.2, -0.15) is 0 Å². The largest absolute Gasteiger partial charge is 0.445 e. The van der Waals surface area contributed by atoms with Crippen LogP contribution in [0.4, 0.5) is 10.5 Å². The molecule has 2 heterocycles. The van der Waals surface area contributed by atoms with E-state index in [2.05, 4.69) is 15.3 Å². The van der Waals surface area contributed by atoms with Crippen LogP contribution in [0.15, 0.2) is 53.8 Å². The minimum Gasteiger partial charge on any atom is -0.445 e. The molecule has 3 rings (SSSR count). The number of benzene rings is 1. The SMILES string of the molecule is CC(=Nc1ccncc1C)C1C(=O)NCCN1C(=O)OCc1ccccc1. The van der Waals surface area contributed by atoms with E-state index in [1.54, 1.807) is 25.4 Å². The molecule has 1 atom stereocenters. The predicted molar refractivity (Wildman–Crippen MR) is 102 cm³/mol. The number of piperazine rings is 1. The fourth-order valence-electron chi connectivity index (χ4n) is 2.92. The van der Waals surface area contributed by atoms with Crippen LogP contribution in [0.5, 0.6) is 0 Å². The number of carbonyl (C=O) groups excluding carboxylic acids is 2. The number of rotatable bonds is 4. The van der Waals surface area contributed by atoms with Gasteiger partial charge in [-0.15, -0.1) is 0 Å². The molecule has 0 saturated carbocycles. The van der Waals surface area contributed by atoms with E-state index in [0.29, 0.717) is 18.8 Å². The lowest BCUT2D eigenvalue weighted by atomic mass is 10.1. The van der Waals surface area contributed by atoms with Gasteiger partial charge in [-0.3, -0.25) is 19.7 Å². The van der Waals surface area contributed by atoms with E-state index in [-0.39, 0.29) is 12.5 Å². The molecule has 1 unspecified atom stereocenters. The van der Waals surface area contributed by atoms with Crippen LogP contribution in [-0.2, 0) is 16.1 Å². The second-order valence-electron chi connectivity index (χ2n) is 6.34. The average Bonchev–Trinajstić information content (AvgIpc) is 2.68. The minimum atomic E-state index is -0.797. The lowest BCUT2D eigenvalue weighted by molar-refractivity contribution is -0.125. The second kappa shape index (κ2) is 8.44. The van der Waals surface area contributed by atoms with Crippen LogP contribution in [0, 0.1) is 6.92 Å². The van der Waals surface area contributed by atoms with Crippen molar-refractivity contribution in [3.8, 4) is 0 Å². The minimum absolute atomic E-state index is 0.157. The molecule has 0 radical (unpaired) electrons. The molecule has 1 aromatic carbocycles. The first-order chi connectivity index (χ1) is 13.1. The number of aromatic nitrogens is 1. The van der Waals surface area contributed by atoms with Gasteiger partial charge < -0.3 is 10.1 Å². The summed E-state index contributed by atoms with van der Waals surface area (Å²) in [5.41, 5.74) is 3.03. The number of carbonyl (C=O) groups is 2. The predicted octanol–water partition coefficient (Wildman–Crippen LogP) is 2.62.